The van der Waals surface area contributed by atoms with E-state index in [-0.39, 0.29) is 21.8 Å². The van der Waals surface area contributed by atoms with Gasteiger partial charge in [0.15, 0.2) is 0 Å². The Morgan fingerprint density at radius 3 is 2.37 bits per heavy atom. The molecule has 0 atom stereocenters. The first-order valence-electron chi connectivity index (χ1n) is 5.90. The lowest BCUT2D eigenvalue weighted by Crippen LogP contribution is -2.41. The zero-order chi connectivity index (χ0) is 14.2. The standard InChI is InChI=1S/C12H14Cl3NO2S/c1-16(9-3-2-4-9)19(17,18)12-5-8(7-13)10(14)6-11(12)15/h5-6,9H,2-4,7H2,1H3. The predicted molar refractivity (Wildman–Crippen MR) is 78.6 cm³/mol. The van der Waals surface area contributed by atoms with Gasteiger partial charge in [-0.3, -0.25) is 0 Å². The van der Waals surface area contributed by atoms with Crippen molar-refractivity contribution in [3.05, 3.63) is 27.7 Å². The summed E-state index contributed by atoms with van der Waals surface area (Å²) in [5, 5.41) is 0.510. The summed E-state index contributed by atoms with van der Waals surface area (Å²) in [5.41, 5.74) is 0.563. The van der Waals surface area contributed by atoms with Crippen LogP contribution < -0.4 is 0 Å². The van der Waals surface area contributed by atoms with Crippen LogP contribution in [0.3, 0.4) is 0 Å². The maximum absolute atomic E-state index is 12.5. The number of halogens is 3. The largest absolute Gasteiger partial charge is 0.244 e. The lowest BCUT2D eigenvalue weighted by Gasteiger charge is -2.34. The second-order valence-electron chi connectivity index (χ2n) is 4.61. The van der Waals surface area contributed by atoms with Gasteiger partial charge >= 0.3 is 0 Å². The zero-order valence-corrected chi connectivity index (χ0v) is 13.5. The molecule has 1 saturated carbocycles. The number of benzene rings is 1. The average Bonchev–Trinajstić information content (AvgIpc) is 2.26. The van der Waals surface area contributed by atoms with Crippen molar-refractivity contribution in [3.8, 4) is 0 Å². The number of sulfonamides is 1. The van der Waals surface area contributed by atoms with Gasteiger partial charge in [0.2, 0.25) is 10.0 Å². The van der Waals surface area contributed by atoms with E-state index in [0.29, 0.717) is 10.6 Å². The Hall–Kier alpha value is -0.000000000000000111. The second-order valence-corrected chi connectivity index (χ2v) is 7.66. The van der Waals surface area contributed by atoms with Crippen LogP contribution in [-0.2, 0) is 15.9 Å². The summed E-state index contributed by atoms with van der Waals surface area (Å²) in [4.78, 5) is 0.0728. The smallest absolute Gasteiger partial charge is 0.207 e. The fourth-order valence-electron chi connectivity index (χ4n) is 1.97. The maximum Gasteiger partial charge on any atom is 0.244 e. The first-order valence-corrected chi connectivity index (χ1v) is 8.63. The van der Waals surface area contributed by atoms with Crippen LogP contribution in [0.4, 0.5) is 0 Å². The summed E-state index contributed by atoms with van der Waals surface area (Å²) in [6, 6.07) is 2.96. The van der Waals surface area contributed by atoms with Crippen molar-refractivity contribution in [1.29, 1.82) is 0 Å². The van der Waals surface area contributed by atoms with E-state index in [9.17, 15) is 8.42 Å². The molecule has 2 rings (SSSR count). The third kappa shape index (κ3) is 2.88. The minimum absolute atomic E-state index is 0.0659. The van der Waals surface area contributed by atoms with E-state index in [4.69, 9.17) is 34.8 Å². The summed E-state index contributed by atoms with van der Waals surface area (Å²) in [7, 11) is -2.01. The monoisotopic (exact) mass is 341 g/mol. The first-order chi connectivity index (χ1) is 8.87. The van der Waals surface area contributed by atoms with Gasteiger partial charge in [0, 0.05) is 24.0 Å². The van der Waals surface area contributed by atoms with Crippen molar-refractivity contribution in [2.24, 2.45) is 0 Å². The van der Waals surface area contributed by atoms with Crippen molar-refractivity contribution in [2.75, 3.05) is 7.05 Å². The summed E-state index contributed by atoms with van der Waals surface area (Å²) in [6.45, 7) is 0. The van der Waals surface area contributed by atoms with Crippen LogP contribution in [0.1, 0.15) is 24.8 Å². The van der Waals surface area contributed by atoms with E-state index >= 15 is 0 Å². The quantitative estimate of drug-likeness (QED) is 0.778. The van der Waals surface area contributed by atoms with E-state index in [1.54, 1.807) is 7.05 Å². The second kappa shape index (κ2) is 5.78. The highest BCUT2D eigenvalue weighted by Crippen LogP contribution is 2.34. The fraction of sp³-hybridized carbons (Fsp3) is 0.500. The topological polar surface area (TPSA) is 37.4 Å². The summed E-state index contributed by atoms with van der Waals surface area (Å²) >= 11 is 17.7. The molecule has 0 aliphatic heterocycles. The molecule has 0 bridgehead atoms. The SMILES string of the molecule is CN(C1CCC1)S(=O)(=O)c1cc(CCl)c(Cl)cc1Cl. The van der Waals surface area contributed by atoms with Gasteiger partial charge in [-0.1, -0.05) is 29.6 Å². The molecule has 0 amide bonds. The van der Waals surface area contributed by atoms with Crippen LogP contribution in [-0.4, -0.2) is 25.8 Å². The molecule has 3 nitrogen and oxygen atoms in total. The highest BCUT2D eigenvalue weighted by Gasteiger charge is 2.33. The molecule has 0 unspecified atom stereocenters. The molecule has 0 radical (unpaired) electrons. The number of hydrogen-bond acceptors (Lipinski definition) is 2. The Labute approximate surface area is 128 Å². The molecule has 0 N–H and O–H groups in total. The van der Waals surface area contributed by atoms with Crippen LogP contribution in [0.2, 0.25) is 10.0 Å². The Bertz CT molecular complexity index is 585. The molecule has 1 aliphatic carbocycles. The molecule has 0 aromatic heterocycles. The molecule has 1 fully saturated rings. The molecular formula is C12H14Cl3NO2S. The summed E-state index contributed by atoms with van der Waals surface area (Å²) < 4.78 is 26.4. The van der Waals surface area contributed by atoms with Crippen LogP contribution in [0.5, 0.6) is 0 Å². The van der Waals surface area contributed by atoms with Crippen molar-refractivity contribution < 1.29 is 8.42 Å². The molecule has 1 aromatic carbocycles. The van der Waals surface area contributed by atoms with Crippen LogP contribution in [0, 0.1) is 0 Å². The number of alkyl halides is 1. The molecule has 1 aliphatic rings. The average molecular weight is 343 g/mol. The third-order valence-electron chi connectivity index (χ3n) is 3.49. The van der Waals surface area contributed by atoms with Crippen LogP contribution in [0.25, 0.3) is 0 Å². The van der Waals surface area contributed by atoms with Crippen LogP contribution in [0.15, 0.2) is 17.0 Å². The van der Waals surface area contributed by atoms with Crippen molar-refractivity contribution >= 4 is 44.8 Å². The molecular weight excluding hydrogens is 329 g/mol. The molecule has 0 spiro atoms. The van der Waals surface area contributed by atoms with E-state index in [1.165, 1.54) is 16.4 Å². The minimum atomic E-state index is -3.59. The maximum atomic E-state index is 12.5. The third-order valence-corrected chi connectivity index (χ3v) is 6.51. The predicted octanol–water partition coefficient (Wildman–Crippen LogP) is 3.91. The molecule has 0 saturated heterocycles. The van der Waals surface area contributed by atoms with Crippen molar-refractivity contribution in [3.63, 3.8) is 0 Å². The van der Waals surface area contributed by atoms with Gasteiger partial charge in [-0.05, 0) is 30.5 Å². The van der Waals surface area contributed by atoms with Gasteiger partial charge in [-0.2, -0.15) is 4.31 Å². The Kier molecular flexibility index (Phi) is 4.68. The first kappa shape index (κ1) is 15.4. The van der Waals surface area contributed by atoms with Crippen molar-refractivity contribution in [2.45, 2.75) is 36.1 Å². The highest BCUT2D eigenvalue weighted by atomic mass is 35.5. The van der Waals surface area contributed by atoms with Crippen LogP contribution >= 0.6 is 34.8 Å². The molecule has 0 heterocycles. The summed E-state index contributed by atoms with van der Waals surface area (Å²) in [6.07, 6.45) is 2.85. The molecule has 19 heavy (non-hydrogen) atoms. The van der Waals surface area contributed by atoms with E-state index in [1.807, 2.05) is 0 Å². The molecule has 1 aromatic rings. The Morgan fingerprint density at radius 1 is 1.26 bits per heavy atom. The van der Waals surface area contributed by atoms with E-state index < -0.39 is 10.0 Å². The lowest BCUT2D eigenvalue weighted by atomic mass is 9.94. The highest BCUT2D eigenvalue weighted by molar-refractivity contribution is 7.89. The van der Waals surface area contributed by atoms with Gasteiger partial charge in [-0.25, -0.2) is 8.42 Å². The Morgan fingerprint density at radius 2 is 1.89 bits per heavy atom. The van der Waals surface area contributed by atoms with Gasteiger partial charge < -0.3 is 0 Å². The molecule has 106 valence electrons. The van der Waals surface area contributed by atoms with Gasteiger partial charge in [0.05, 0.1) is 5.02 Å². The van der Waals surface area contributed by atoms with E-state index in [0.717, 1.165) is 19.3 Å². The molecule has 7 heteroatoms. The lowest BCUT2D eigenvalue weighted by molar-refractivity contribution is 0.249. The number of nitrogens with zero attached hydrogens (tertiary/aromatic N) is 1. The Balaban J connectivity index is 2.44. The minimum Gasteiger partial charge on any atom is -0.207 e. The van der Waals surface area contributed by atoms with Gasteiger partial charge in [0.25, 0.3) is 0 Å². The number of rotatable bonds is 4. The normalized spacial score (nSPS) is 16.7. The number of hydrogen-bond donors (Lipinski definition) is 0. The van der Waals surface area contributed by atoms with E-state index in [2.05, 4.69) is 0 Å². The summed E-state index contributed by atoms with van der Waals surface area (Å²) in [5.74, 6) is 0.145. The van der Waals surface area contributed by atoms with Crippen molar-refractivity contribution in [1.82, 2.24) is 4.31 Å². The fourth-order valence-corrected chi connectivity index (χ4v) is 4.52. The zero-order valence-electron chi connectivity index (χ0n) is 10.4. The van der Waals surface area contributed by atoms with Gasteiger partial charge in [0.1, 0.15) is 4.90 Å². The van der Waals surface area contributed by atoms with Gasteiger partial charge in [-0.15, -0.1) is 11.6 Å².